The lowest BCUT2D eigenvalue weighted by atomic mass is 10.1. The van der Waals surface area contributed by atoms with E-state index >= 15 is 0 Å². The lowest BCUT2D eigenvalue weighted by Crippen LogP contribution is -2.26. The fraction of sp³-hybridized carbons (Fsp3) is 0.0571. The first kappa shape index (κ1) is 36.3. The first-order chi connectivity index (χ1) is 24.7. The largest absolute Gasteiger partial charge is 0.573 e. The minimum Gasteiger partial charge on any atom is -0.406 e. The molecule has 7 aromatic rings. The number of ether oxygens (including phenoxy) is 2. The molecule has 0 fully saturated rings. The highest BCUT2D eigenvalue weighted by molar-refractivity contribution is 7.22. The first-order valence-corrected chi connectivity index (χ1v) is 16.7. The molecular weight excluding hydrogens is 757 g/mol. The number of benzene rings is 5. The third-order valence-electron chi connectivity index (χ3n) is 6.80. The molecule has 2 heterocycles. The molecule has 0 aliphatic carbocycles. The van der Waals surface area contributed by atoms with Crippen LogP contribution in [0.1, 0.15) is 10.4 Å². The third kappa shape index (κ3) is 9.25. The topological polar surface area (TPSA) is 76.6 Å². The SMILES string of the molecule is FC(F)(F)Oc1ccc(Nc2nc3ccccc3s2)cc1.O=C(c1ccc(F)cc1Cl)N(c1ccc(OC(F)(F)F)cc1)c1nc2ccccc2s1. The molecule has 0 bridgehead atoms. The van der Waals surface area contributed by atoms with Crippen LogP contribution in [0.15, 0.2) is 115 Å². The third-order valence-corrected chi connectivity index (χ3v) is 9.09. The molecule has 0 aliphatic rings. The van der Waals surface area contributed by atoms with Gasteiger partial charge in [0.15, 0.2) is 10.3 Å². The second-order valence-corrected chi connectivity index (χ2v) is 12.9. The highest BCUT2D eigenvalue weighted by Crippen LogP contribution is 2.37. The van der Waals surface area contributed by atoms with E-state index in [1.807, 2.05) is 36.4 Å². The number of nitrogens with one attached hydrogen (secondary N) is 1. The number of aromatic nitrogens is 2. The summed E-state index contributed by atoms with van der Waals surface area (Å²) in [4.78, 5) is 23.4. The van der Waals surface area contributed by atoms with Gasteiger partial charge in [-0.2, -0.15) is 0 Å². The number of hydrogen-bond acceptors (Lipinski definition) is 8. The number of fused-ring (bicyclic) bond motifs is 2. The van der Waals surface area contributed by atoms with Gasteiger partial charge >= 0.3 is 12.7 Å². The maximum Gasteiger partial charge on any atom is 0.573 e. The lowest BCUT2D eigenvalue weighted by molar-refractivity contribution is -0.275. The van der Waals surface area contributed by atoms with Crippen molar-refractivity contribution in [2.75, 3.05) is 10.2 Å². The monoisotopic (exact) mass is 776 g/mol. The summed E-state index contributed by atoms with van der Waals surface area (Å²) in [6.07, 6.45) is -9.52. The number of halogens is 8. The molecule has 266 valence electrons. The number of anilines is 4. The van der Waals surface area contributed by atoms with Crippen LogP contribution in [-0.2, 0) is 0 Å². The molecule has 0 atom stereocenters. The number of para-hydroxylation sites is 2. The van der Waals surface area contributed by atoms with Gasteiger partial charge < -0.3 is 14.8 Å². The van der Waals surface area contributed by atoms with E-state index in [0.717, 1.165) is 39.2 Å². The predicted octanol–water partition coefficient (Wildman–Crippen LogP) is 11.9. The molecule has 1 N–H and O–H groups in total. The van der Waals surface area contributed by atoms with Crippen molar-refractivity contribution in [2.24, 2.45) is 0 Å². The maximum absolute atomic E-state index is 13.5. The minimum atomic E-state index is -4.84. The molecule has 0 spiro atoms. The van der Waals surface area contributed by atoms with Crippen molar-refractivity contribution in [1.29, 1.82) is 0 Å². The summed E-state index contributed by atoms with van der Waals surface area (Å²) < 4.78 is 96.6. The molecular formula is C35H20ClF7N4O3S2. The van der Waals surface area contributed by atoms with Gasteiger partial charge in [-0.3, -0.25) is 9.69 Å². The summed E-state index contributed by atoms with van der Waals surface area (Å²) in [6.45, 7) is 0. The van der Waals surface area contributed by atoms with Gasteiger partial charge in [-0.25, -0.2) is 14.4 Å². The smallest absolute Gasteiger partial charge is 0.406 e. The Kier molecular flexibility index (Phi) is 10.5. The molecule has 7 nitrogen and oxygen atoms in total. The van der Waals surface area contributed by atoms with Crippen molar-refractivity contribution >= 4 is 82.3 Å². The second kappa shape index (κ2) is 15.0. The van der Waals surface area contributed by atoms with E-state index in [9.17, 15) is 35.5 Å². The van der Waals surface area contributed by atoms with Crippen LogP contribution in [0.25, 0.3) is 20.4 Å². The van der Waals surface area contributed by atoms with Crippen molar-refractivity contribution < 1.29 is 45.0 Å². The van der Waals surface area contributed by atoms with Crippen LogP contribution < -0.4 is 19.7 Å². The van der Waals surface area contributed by atoms with E-state index in [1.54, 1.807) is 12.1 Å². The molecule has 0 saturated heterocycles. The Balaban J connectivity index is 0.000000192. The van der Waals surface area contributed by atoms with Gasteiger partial charge in [0.1, 0.15) is 17.3 Å². The fourth-order valence-corrected chi connectivity index (χ4v) is 6.76. The predicted molar refractivity (Wildman–Crippen MR) is 187 cm³/mol. The fourth-order valence-electron chi connectivity index (χ4n) is 4.64. The highest BCUT2D eigenvalue weighted by atomic mass is 35.5. The van der Waals surface area contributed by atoms with Crippen molar-refractivity contribution in [3.63, 3.8) is 0 Å². The van der Waals surface area contributed by atoms with Crippen molar-refractivity contribution in [3.05, 3.63) is 132 Å². The number of thiazole rings is 2. The van der Waals surface area contributed by atoms with Crippen LogP contribution in [-0.4, -0.2) is 28.6 Å². The first-order valence-electron chi connectivity index (χ1n) is 14.7. The van der Waals surface area contributed by atoms with E-state index in [-0.39, 0.29) is 27.2 Å². The Bertz CT molecular complexity index is 2270. The van der Waals surface area contributed by atoms with Crippen LogP contribution in [0.2, 0.25) is 5.02 Å². The van der Waals surface area contributed by atoms with Gasteiger partial charge in [0.05, 0.1) is 36.7 Å². The summed E-state index contributed by atoms with van der Waals surface area (Å²) >= 11 is 8.76. The van der Waals surface area contributed by atoms with E-state index in [4.69, 9.17) is 11.6 Å². The molecule has 0 saturated carbocycles. The zero-order valence-corrected chi connectivity index (χ0v) is 28.3. The van der Waals surface area contributed by atoms with Crippen LogP contribution >= 0.6 is 34.3 Å². The van der Waals surface area contributed by atoms with Gasteiger partial charge in [0, 0.05) is 5.69 Å². The summed E-state index contributed by atoms with van der Waals surface area (Å²) in [5.41, 5.74) is 2.41. The lowest BCUT2D eigenvalue weighted by Gasteiger charge is -2.21. The summed E-state index contributed by atoms with van der Waals surface area (Å²) in [6, 6.07) is 28.5. The molecule has 0 radical (unpaired) electrons. The zero-order valence-electron chi connectivity index (χ0n) is 25.9. The molecule has 7 rings (SSSR count). The molecule has 17 heteroatoms. The van der Waals surface area contributed by atoms with Crippen LogP contribution in [0.3, 0.4) is 0 Å². The van der Waals surface area contributed by atoms with E-state index < -0.39 is 30.2 Å². The van der Waals surface area contributed by atoms with Gasteiger partial charge in [-0.05, 0) is 91.0 Å². The number of amides is 1. The van der Waals surface area contributed by atoms with Gasteiger partial charge in [0.25, 0.3) is 5.91 Å². The van der Waals surface area contributed by atoms with E-state index in [1.165, 1.54) is 70.0 Å². The number of alkyl halides is 6. The maximum atomic E-state index is 13.5. The average molecular weight is 777 g/mol. The van der Waals surface area contributed by atoms with E-state index in [2.05, 4.69) is 24.8 Å². The Morgan fingerprint density at radius 3 is 1.77 bits per heavy atom. The second-order valence-electron chi connectivity index (χ2n) is 10.5. The Hall–Kier alpha value is -5.45. The molecule has 52 heavy (non-hydrogen) atoms. The van der Waals surface area contributed by atoms with Crippen LogP contribution in [0.5, 0.6) is 11.5 Å². The quantitative estimate of drug-likeness (QED) is 0.162. The summed E-state index contributed by atoms with van der Waals surface area (Å²) in [7, 11) is 0. The standard InChI is InChI=1S/C21H11ClF4N2O2S.C14H9F3N2OS/c22-16-11-12(23)5-10-15(16)19(29)28(20-27-17-3-1-2-4-18(17)31-20)13-6-8-14(9-7-13)30-21(24,25)26;15-14(16,17)20-10-7-5-9(6-8-10)18-13-19-11-3-1-2-4-12(11)21-13/h1-11H;1-8H,(H,18,19). The molecule has 0 aliphatic heterocycles. The number of carbonyl (C=O) groups excluding carboxylic acids is 1. The normalized spacial score (nSPS) is 11.5. The molecule has 2 aromatic heterocycles. The van der Waals surface area contributed by atoms with Gasteiger partial charge in [-0.1, -0.05) is 58.5 Å². The molecule has 5 aromatic carbocycles. The Labute approximate surface area is 302 Å². The van der Waals surface area contributed by atoms with Gasteiger partial charge in [-0.15, -0.1) is 26.3 Å². The number of carbonyl (C=O) groups is 1. The van der Waals surface area contributed by atoms with Crippen LogP contribution in [0.4, 0.5) is 52.4 Å². The Morgan fingerprint density at radius 2 is 1.23 bits per heavy atom. The number of rotatable bonds is 7. The van der Waals surface area contributed by atoms with Crippen LogP contribution in [0, 0.1) is 5.82 Å². The van der Waals surface area contributed by atoms with Crippen molar-refractivity contribution in [2.45, 2.75) is 12.7 Å². The minimum absolute atomic E-state index is 0.0120. The highest BCUT2D eigenvalue weighted by Gasteiger charge is 2.32. The number of hydrogen-bond donors (Lipinski definition) is 1. The molecule has 1 amide bonds. The summed E-state index contributed by atoms with van der Waals surface area (Å²) in [5, 5.41) is 3.91. The zero-order chi connectivity index (χ0) is 37.0. The average Bonchev–Trinajstić information content (AvgIpc) is 3.69. The van der Waals surface area contributed by atoms with E-state index in [0.29, 0.717) is 16.3 Å². The van der Waals surface area contributed by atoms with Crippen molar-refractivity contribution in [1.82, 2.24) is 9.97 Å². The Morgan fingerprint density at radius 1 is 0.692 bits per heavy atom. The molecule has 0 unspecified atom stereocenters. The van der Waals surface area contributed by atoms with Crippen molar-refractivity contribution in [3.8, 4) is 11.5 Å². The summed E-state index contributed by atoms with van der Waals surface area (Å²) in [5.74, 6) is -1.92. The van der Waals surface area contributed by atoms with Gasteiger partial charge in [0.2, 0.25) is 0 Å². The number of nitrogens with zero attached hydrogens (tertiary/aromatic N) is 3.